The molecule has 0 radical (unpaired) electrons. The summed E-state index contributed by atoms with van der Waals surface area (Å²) in [7, 11) is -1.82. The van der Waals surface area contributed by atoms with E-state index in [2.05, 4.69) is 0 Å². The van der Waals surface area contributed by atoms with E-state index in [4.69, 9.17) is 14.7 Å². The van der Waals surface area contributed by atoms with Crippen molar-refractivity contribution in [1.29, 1.82) is 0 Å². The quantitative estimate of drug-likeness (QED) is 0.483. The zero-order chi connectivity index (χ0) is 13.4. The Morgan fingerprint density at radius 2 is 1.37 bits per heavy atom. The highest BCUT2D eigenvalue weighted by atomic mass is 16.6. The van der Waals surface area contributed by atoms with Crippen LogP contribution in [-0.2, 0) is 0 Å². The molecule has 0 heterocycles. The van der Waals surface area contributed by atoms with Crippen LogP contribution in [0.4, 0.5) is 0 Å². The van der Waals surface area contributed by atoms with Crippen molar-refractivity contribution < 1.29 is 19.8 Å². The molecule has 0 aliphatic rings. The summed E-state index contributed by atoms with van der Waals surface area (Å²) in [6, 6.07) is 14.3. The van der Waals surface area contributed by atoms with Crippen LogP contribution >= 0.6 is 0 Å². The first-order chi connectivity index (χ1) is 9.11. The molecule has 3 rings (SSSR count). The van der Waals surface area contributed by atoms with Crippen LogP contribution < -0.4 is 4.65 Å². The SMILES string of the molecule is OB(O)Oc1ccc2cc3cc(O)ccc3cc2c1. The second-order valence-electron chi connectivity index (χ2n) is 4.34. The van der Waals surface area contributed by atoms with Gasteiger partial charge in [-0.2, -0.15) is 0 Å². The molecule has 0 saturated heterocycles. The van der Waals surface area contributed by atoms with Gasteiger partial charge in [0.1, 0.15) is 11.5 Å². The fraction of sp³-hybridized carbons (Fsp3) is 0. The van der Waals surface area contributed by atoms with Crippen molar-refractivity contribution in [1.82, 2.24) is 0 Å². The number of phenolic OH excluding ortho intramolecular Hbond substituents is 1. The molecule has 3 aromatic rings. The molecule has 0 saturated carbocycles. The first kappa shape index (κ1) is 11.8. The molecule has 0 aliphatic heterocycles. The number of fused-ring (bicyclic) bond motifs is 2. The van der Waals surface area contributed by atoms with Gasteiger partial charge in [-0.15, -0.1) is 0 Å². The normalized spacial score (nSPS) is 10.8. The highest BCUT2D eigenvalue weighted by Gasteiger charge is 2.11. The van der Waals surface area contributed by atoms with Crippen molar-refractivity contribution in [2.75, 3.05) is 0 Å². The summed E-state index contributed by atoms with van der Waals surface area (Å²) in [5, 5.41) is 30.9. The van der Waals surface area contributed by atoms with Crippen LogP contribution in [0.2, 0.25) is 0 Å². The second kappa shape index (κ2) is 4.46. The van der Waals surface area contributed by atoms with Crippen molar-refractivity contribution in [3.8, 4) is 11.5 Å². The number of aromatic hydroxyl groups is 1. The van der Waals surface area contributed by atoms with Crippen molar-refractivity contribution >= 4 is 28.9 Å². The fourth-order valence-electron chi connectivity index (χ4n) is 2.16. The number of hydrogen-bond acceptors (Lipinski definition) is 4. The standard InChI is InChI=1S/C14H11BO4/c16-13-3-1-9-6-12-8-14(19-15(17)18)4-2-10(12)5-11(9)7-13/h1-8,16-18H. The molecule has 0 amide bonds. The Labute approximate surface area is 109 Å². The maximum Gasteiger partial charge on any atom is 0.707 e. The van der Waals surface area contributed by atoms with E-state index in [0.29, 0.717) is 5.75 Å². The fourth-order valence-corrected chi connectivity index (χ4v) is 2.16. The van der Waals surface area contributed by atoms with Crippen LogP contribution in [0.25, 0.3) is 21.5 Å². The molecule has 4 nitrogen and oxygen atoms in total. The van der Waals surface area contributed by atoms with Gasteiger partial charge in [-0.25, -0.2) is 0 Å². The second-order valence-corrected chi connectivity index (χ2v) is 4.34. The van der Waals surface area contributed by atoms with E-state index in [0.717, 1.165) is 21.5 Å². The van der Waals surface area contributed by atoms with E-state index in [1.54, 1.807) is 24.3 Å². The van der Waals surface area contributed by atoms with Crippen molar-refractivity contribution in [3.63, 3.8) is 0 Å². The first-order valence-corrected chi connectivity index (χ1v) is 5.81. The molecule has 0 spiro atoms. The van der Waals surface area contributed by atoms with Crippen molar-refractivity contribution in [2.24, 2.45) is 0 Å². The Kier molecular flexibility index (Phi) is 2.78. The molecule has 0 atom stereocenters. The maximum absolute atomic E-state index is 9.47. The lowest BCUT2D eigenvalue weighted by atomic mass is 10.0. The Morgan fingerprint density at radius 1 is 0.737 bits per heavy atom. The van der Waals surface area contributed by atoms with Gasteiger partial charge in [0.2, 0.25) is 0 Å². The van der Waals surface area contributed by atoms with E-state index in [-0.39, 0.29) is 5.75 Å². The highest BCUT2D eigenvalue weighted by molar-refractivity contribution is 6.33. The van der Waals surface area contributed by atoms with Crippen LogP contribution in [0.3, 0.4) is 0 Å². The molecule has 19 heavy (non-hydrogen) atoms. The van der Waals surface area contributed by atoms with Crippen LogP contribution in [0.1, 0.15) is 0 Å². The summed E-state index contributed by atoms with van der Waals surface area (Å²) in [6.45, 7) is 0. The van der Waals surface area contributed by atoms with Gasteiger partial charge >= 0.3 is 7.32 Å². The van der Waals surface area contributed by atoms with Gasteiger partial charge in [0.25, 0.3) is 0 Å². The lowest BCUT2D eigenvalue weighted by molar-refractivity contribution is 0.288. The van der Waals surface area contributed by atoms with Crippen LogP contribution in [-0.4, -0.2) is 22.5 Å². The summed E-state index contributed by atoms with van der Waals surface area (Å²) in [5.41, 5.74) is 0. The number of phenols is 1. The van der Waals surface area contributed by atoms with Gasteiger partial charge in [0.15, 0.2) is 0 Å². The predicted molar refractivity (Wildman–Crippen MR) is 73.9 cm³/mol. The van der Waals surface area contributed by atoms with Gasteiger partial charge in [0.05, 0.1) is 0 Å². The molecule has 0 unspecified atom stereocenters. The van der Waals surface area contributed by atoms with Gasteiger partial charge in [0, 0.05) is 0 Å². The Bertz CT molecular complexity index is 755. The van der Waals surface area contributed by atoms with Crippen LogP contribution in [0.15, 0.2) is 48.5 Å². The molecule has 0 aromatic heterocycles. The lowest BCUT2D eigenvalue weighted by Crippen LogP contribution is -2.20. The molecular formula is C14H11BO4. The molecular weight excluding hydrogens is 243 g/mol. The topological polar surface area (TPSA) is 69.9 Å². The van der Waals surface area contributed by atoms with E-state index in [1.807, 2.05) is 24.3 Å². The average molecular weight is 254 g/mol. The summed E-state index contributed by atoms with van der Waals surface area (Å²) in [5.74, 6) is 0.621. The van der Waals surface area contributed by atoms with Crippen LogP contribution in [0, 0.1) is 0 Å². The summed E-state index contributed by atoms with van der Waals surface area (Å²) < 4.78 is 4.82. The molecule has 0 fully saturated rings. The van der Waals surface area contributed by atoms with E-state index in [9.17, 15) is 5.11 Å². The third-order valence-corrected chi connectivity index (χ3v) is 2.99. The predicted octanol–water partition coefficient (Wildman–Crippen LogP) is 2.05. The third kappa shape index (κ3) is 2.34. The van der Waals surface area contributed by atoms with Gasteiger partial charge in [-0.1, -0.05) is 12.1 Å². The maximum atomic E-state index is 9.47. The number of rotatable bonds is 2. The number of benzene rings is 3. The monoisotopic (exact) mass is 254 g/mol. The average Bonchev–Trinajstić information content (AvgIpc) is 2.35. The smallest absolute Gasteiger partial charge is 0.512 e. The zero-order valence-corrected chi connectivity index (χ0v) is 9.95. The van der Waals surface area contributed by atoms with E-state index >= 15 is 0 Å². The largest absolute Gasteiger partial charge is 0.707 e. The van der Waals surface area contributed by atoms with Crippen molar-refractivity contribution in [3.05, 3.63) is 48.5 Å². The zero-order valence-electron chi connectivity index (χ0n) is 9.95. The summed E-state index contributed by atoms with van der Waals surface area (Å²) in [4.78, 5) is 0. The summed E-state index contributed by atoms with van der Waals surface area (Å²) >= 11 is 0. The highest BCUT2D eigenvalue weighted by Crippen LogP contribution is 2.28. The van der Waals surface area contributed by atoms with Crippen molar-refractivity contribution in [2.45, 2.75) is 0 Å². The van der Waals surface area contributed by atoms with Crippen LogP contribution in [0.5, 0.6) is 11.5 Å². The first-order valence-electron chi connectivity index (χ1n) is 5.81. The van der Waals surface area contributed by atoms with Gasteiger partial charge < -0.3 is 19.8 Å². The molecule has 94 valence electrons. The van der Waals surface area contributed by atoms with E-state index in [1.165, 1.54) is 0 Å². The molecule has 0 aliphatic carbocycles. The minimum absolute atomic E-state index is 0.232. The Balaban J connectivity index is 2.17. The van der Waals surface area contributed by atoms with Gasteiger partial charge in [-0.3, -0.25) is 0 Å². The molecule has 0 bridgehead atoms. The molecule has 5 heteroatoms. The molecule has 3 aromatic carbocycles. The summed E-state index contributed by atoms with van der Waals surface area (Å²) in [6.07, 6.45) is 0. The van der Waals surface area contributed by atoms with E-state index < -0.39 is 7.32 Å². The lowest BCUT2D eigenvalue weighted by Gasteiger charge is -2.07. The third-order valence-electron chi connectivity index (χ3n) is 2.99. The Hall–Kier alpha value is -2.24. The van der Waals surface area contributed by atoms with Gasteiger partial charge in [-0.05, 0) is 57.9 Å². The Morgan fingerprint density at radius 3 is 2.05 bits per heavy atom. The minimum atomic E-state index is -1.82. The number of hydrogen-bond donors (Lipinski definition) is 3. The molecule has 3 N–H and O–H groups in total. The minimum Gasteiger partial charge on any atom is -0.512 e.